The van der Waals surface area contributed by atoms with Crippen LogP contribution in [0.5, 0.6) is 0 Å². The van der Waals surface area contributed by atoms with Gasteiger partial charge in [-0.15, -0.1) is 0 Å². The molecule has 1 saturated heterocycles. The standard InChI is InChI=1S/C14H13N5O/c1-2-5-11(6-3-1)19-14-12(9-17-19)13(15-10-16-14)18-7-4-8-20-18/h1-3,5-6,9-10H,4,7-8H2. The third-order valence-corrected chi connectivity index (χ3v) is 3.33. The lowest BCUT2D eigenvalue weighted by Gasteiger charge is -2.14. The Bertz CT molecular complexity index is 734. The van der Waals surface area contributed by atoms with Gasteiger partial charge in [0.1, 0.15) is 6.33 Å². The van der Waals surface area contributed by atoms with Crippen molar-refractivity contribution in [3.8, 4) is 5.69 Å². The fourth-order valence-electron chi connectivity index (χ4n) is 2.40. The van der Waals surface area contributed by atoms with Crippen molar-refractivity contribution >= 4 is 16.9 Å². The summed E-state index contributed by atoms with van der Waals surface area (Å²) in [7, 11) is 0. The van der Waals surface area contributed by atoms with Crippen molar-refractivity contribution in [3.05, 3.63) is 42.9 Å². The number of nitrogens with zero attached hydrogens (tertiary/aromatic N) is 5. The molecule has 0 bridgehead atoms. The van der Waals surface area contributed by atoms with Crippen LogP contribution >= 0.6 is 0 Å². The van der Waals surface area contributed by atoms with E-state index in [0.29, 0.717) is 0 Å². The summed E-state index contributed by atoms with van der Waals surface area (Å²) < 4.78 is 1.82. The Hall–Kier alpha value is -2.47. The summed E-state index contributed by atoms with van der Waals surface area (Å²) in [6.07, 6.45) is 4.36. The average molecular weight is 267 g/mol. The van der Waals surface area contributed by atoms with Crippen molar-refractivity contribution in [1.82, 2.24) is 19.7 Å². The van der Waals surface area contributed by atoms with E-state index >= 15 is 0 Å². The molecule has 0 saturated carbocycles. The van der Waals surface area contributed by atoms with Gasteiger partial charge in [0.05, 0.1) is 23.9 Å². The van der Waals surface area contributed by atoms with E-state index in [2.05, 4.69) is 15.1 Å². The van der Waals surface area contributed by atoms with Crippen molar-refractivity contribution in [3.63, 3.8) is 0 Å². The minimum absolute atomic E-state index is 0.734. The molecule has 0 aliphatic carbocycles. The molecule has 6 nitrogen and oxygen atoms in total. The van der Waals surface area contributed by atoms with Gasteiger partial charge < -0.3 is 0 Å². The second-order valence-corrected chi connectivity index (χ2v) is 4.62. The van der Waals surface area contributed by atoms with E-state index < -0.39 is 0 Å². The third-order valence-electron chi connectivity index (χ3n) is 3.33. The first kappa shape index (κ1) is 11.4. The molecule has 3 aromatic rings. The highest BCUT2D eigenvalue weighted by Crippen LogP contribution is 2.26. The molecule has 6 heteroatoms. The van der Waals surface area contributed by atoms with Crippen LogP contribution in [-0.4, -0.2) is 32.9 Å². The van der Waals surface area contributed by atoms with Crippen LogP contribution in [0, 0.1) is 0 Å². The van der Waals surface area contributed by atoms with E-state index in [-0.39, 0.29) is 0 Å². The molecule has 1 aliphatic heterocycles. The van der Waals surface area contributed by atoms with E-state index in [0.717, 1.165) is 42.1 Å². The predicted molar refractivity (Wildman–Crippen MR) is 74.6 cm³/mol. The summed E-state index contributed by atoms with van der Waals surface area (Å²) in [5.74, 6) is 0.787. The molecule has 1 aliphatic rings. The zero-order chi connectivity index (χ0) is 13.4. The molecular formula is C14H13N5O. The summed E-state index contributed by atoms with van der Waals surface area (Å²) in [6, 6.07) is 9.94. The van der Waals surface area contributed by atoms with Gasteiger partial charge in [-0.2, -0.15) is 5.10 Å². The van der Waals surface area contributed by atoms with Gasteiger partial charge in [0.2, 0.25) is 0 Å². The highest BCUT2D eigenvalue weighted by atomic mass is 16.7. The van der Waals surface area contributed by atoms with E-state index in [9.17, 15) is 0 Å². The SMILES string of the molecule is c1ccc(-n2ncc3c(N4CCCO4)ncnc32)cc1. The van der Waals surface area contributed by atoms with Crippen LogP contribution in [0.4, 0.5) is 5.82 Å². The van der Waals surface area contributed by atoms with Crippen LogP contribution in [0.25, 0.3) is 16.7 Å². The van der Waals surface area contributed by atoms with Gasteiger partial charge in [-0.05, 0) is 18.6 Å². The van der Waals surface area contributed by atoms with E-state index in [4.69, 9.17) is 4.84 Å². The Morgan fingerprint density at radius 3 is 2.80 bits per heavy atom. The molecule has 0 radical (unpaired) electrons. The Morgan fingerprint density at radius 2 is 2.00 bits per heavy atom. The molecule has 2 aromatic heterocycles. The van der Waals surface area contributed by atoms with Crippen LogP contribution in [0.2, 0.25) is 0 Å². The topological polar surface area (TPSA) is 56.1 Å². The predicted octanol–water partition coefficient (Wildman–Crippen LogP) is 1.96. The average Bonchev–Trinajstić information content (AvgIpc) is 3.17. The fourth-order valence-corrected chi connectivity index (χ4v) is 2.40. The van der Waals surface area contributed by atoms with Gasteiger partial charge in [0.15, 0.2) is 11.5 Å². The monoisotopic (exact) mass is 267 g/mol. The number of para-hydroxylation sites is 1. The van der Waals surface area contributed by atoms with Crippen LogP contribution in [0.1, 0.15) is 6.42 Å². The maximum atomic E-state index is 5.57. The Morgan fingerprint density at radius 1 is 1.10 bits per heavy atom. The minimum atomic E-state index is 0.734. The lowest BCUT2D eigenvalue weighted by Crippen LogP contribution is -2.17. The number of aromatic nitrogens is 4. The Balaban J connectivity index is 1.88. The van der Waals surface area contributed by atoms with E-state index in [1.165, 1.54) is 0 Å². The molecule has 100 valence electrons. The number of hydrogen-bond acceptors (Lipinski definition) is 5. The molecular weight excluding hydrogens is 254 g/mol. The van der Waals surface area contributed by atoms with Gasteiger partial charge in [0.25, 0.3) is 0 Å². The van der Waals surface area contributed by atoms with Gasteiger partial charge in [-0.1, -0.05) is 18.2 Å². The van der Waals surface area contributed by atoms with Gasteiger partial charge >= 0.3 is 0 Å². The largest absolute Gasteiger partial charge is 0.272 e. The van der Waals surface area contributed by atoms with Gasteiger partial charge in [0, 0.05) is 6.54 Å². The highest BCUT2D eigenvalue weighted by Gasteiger charge is 2.20. The van der Waals surface area contributed by atoms with Crippen LogP contribution in [0.3, 0.4) is 0 Å². The molecule has 0 amide bonds. The summed E-state index contributed by atoms with van der Waals surface area (Å²) in [5.41, 5.74) is 1.77. The zero-order valence-electron chi connectivity index (χ0n) is 10.8. The quantitative estimate of drug-likeness (QED) is 0.710. The van der Waals surface area contributed by atoms with E-state index in [1.54, 1.807) is 12.5 Å². The van der Waals surface area contributed by atoms with Gasteiger partial charge in [-0.25, -0.2) is 19.7 Å². The van der Waals surface area contributed by atoms with Crippen molar-refractivity contribution in [1.29, 1.82) is 0 Å². The second-order valence-electron chi connectivity index (χ2n) is 4.62. The van der Waals surface area contributed by atoms with E-state index in [1.807, 2.05) is 40.1 Å². The number of rotatable bonds is 2. The van der Waals surface area contributed by atoms with Crippen LogP contribution < -0.4 is 5.06 Å². The lowest BCUT2D eigenvalue weighted by molar-refractivity contribution is 0.167. The van der Waals surface area contributed by atoms with Crippen molar-refractivity contribution < 1.29 is 4.84 Å². The Labute approximate surface area is 115 Å². The van der Waals surface area contributed by atoms with Gasteiger partial charge in [-0.3, -0.25) is 4.84 Å². The lowest BCUT2D eigenvalue weighted by atomic mass is 10.3. The summed E-state index contributed by atoms with van der Waals surface area (Å²) in [5, 5.41) is 7.15. The fraction of sp³-hybridized carbons (Fsp3) is 0.214. The number of anilines is 1. The van der Waals surface area contributed by atoms with Crippen LogP contribution in [0.15, 0.2) is 42.9 Å². The minimum Gasteiger partial charge on any atom is -0.272 e. The number of benzene rings is 1. The van der Waals surface area contributed by atoms with Crippen LogP contribution in [-0.2, 0) is 4.84 Å². The summed E-state index contributed by atoms with van der Waals surface area (Å²) in [6.45, 7) is 1.58. The second kappa shape index (κ2) is 4.57. The molecule has 0 spiro atoms. The molecule has 0 atom stereocenters. The van der Waals surface area contributed by atoms with Crippen molar-refractivity contribution in [2.75, 3.05) is 18.2 Å². The maximum absolute atomic E-state index is 5.57. The first-order chi connectivity index (χ1) is 9.93. The first-order valence-corrected chi connectivity index (χ1v) is 6.58. The molecule has 20 heavy (non-hydrogen) atoms. The normalized spacial score (nSPS) is 15.1. The zero-order valence-corrected chi connectivity index (χ0v) is 10.8. The third kappa shape index (κ3) is 1.73. The highest BCUT2D eigenvalue weighted by molar-refractivity contribution is 5.87. The summed E-state index contributed by atoms with van der Waals surface area (Å²) >= 11 is 0. The summed E-state index contributed by atoms with van der Waals surface area (Å²) in [4.78, 5) is 14.3. The Kier molecular flexibility index (Phi) is 2.60. The molecule has 0 N–H and O–H groups in total. The molecule has 1 aromatic carbocycles. The molecule has 1 fully saturated rings. The number of hydrogen-bond donors (Lipinski definition) is 0. The maximum Gasteiger partial charge on any atom is 0.168 e. The number of fused-ring (bicyclic) bond motifs is 1. The van der Waals surface area contributed by atoms with Crippen molar-refractivity contribution in [2.45, 2.75) is 6.42 Å². The number of hydroxylamine groups is 1. The first-order valence-electron chi connectivity index (χ1n) is 6.58. The molecule has 0 unspecified atom stereocenters. The molecule has 4 rings (SSSR count). The smallest absolute Gasteiger partial charge is 0.168 e. The molecule has 3 heterocycles. The van der Waals surface area contributed by atoms with Crippen molar-refractivity contribution in [2.24, 2.45) is 0 Å².